The van der Waals surface area contributed by atoms with Gasteiger partial charge in [-0.1, -0.05) is 24.3 Å². The standard InChI is InChI=1S/C25H31N3O4/c1-16(24(29)27-21-10-6-8-17-7-4-5-9-20(17)21)26-25(30)28-12-11-18-13-22(31-2)23(32-3)14-19(18)15-28/h4-5,7,9,13-14,16,21H,6,8,10-12,15H2,1-3H3,(H,26,30)(H,27,29)/t16-,21+/m1/s1. The lowest BCUT2D eigenvalue weighted by atomic mass is 9.87. The van der Waals surface area contributed by atoms with Crippen LogP contribution in [0.4, 0.5) is 4.79 Å². The zero-order chi connectivity index (χ0) is 22.7. The molecule has 0 saturated carbocycles. The summed E-state index contributed by atoms with van der Waals surface area (Å²) < 4.78 is 10.8. The molecular weight excluding hydrogens is 406 g/mol. The Morgan fingerprint density at radius 1 is 1.03 bits per heavy atom. The first-order chi connectivity index (χ1) is 15.5. The second-order valence-electron chi connectivity index (χ2n) is 8.47. The summed E-state index contributed by atoms with van der Waals surface area (Å²) in [5.41, 5.74) is 4.65. The van der Waals surface area contributed by atoms with Gasteiger partial charge in [-0.15, -0.1) is 0 Å². The number of fused-ring (bicyclic) bond motifs is 2. The Labute approximate surface area is 189 Å². The van der Waals surface area contributed by atoms with Crippen LogP contribution in [0.25, 0.3) is 0 Å². The van der Waals surface area contributed by atoms with E-state index < -0.39 is 6.04 Å². The summed E-state index contributed by atoms with van der Waals surface area (Å²) in [6.45, 7) is 2.78. The van der Waals surface area contributed by atoms with Crippen molar-refractivity contribution in [1.82, 2.24) is 15.5 Å². The molecule has 2 aliphatic rings. The topological polar surface area (TPSA) is 79.9 Å². The van der Waals surface area contributed by atoms with Gasteiger partial charge in [0.2, 0.25) is 5.91 Å². The lowest BCUT2D eigenvalue weighted by Gasteiger charge is -2.31. The van der Waals surface area contributed by atoms with Crippen molar-refractivity contribution >= 4 is 11.9 Å². The summed E-state index contributed by atoms with van der Waals surface area (Å²) >= 11 is 0. The van der Waals surface area contributed by atoms with Gasteiger partial charge in [-0.2, -0.15) is 0 Å². The van der Waals surface area contributed by atoms with E-state index in [9.17, 15) is 9.59 Å². The van der Waals surface area contributed by atoms with Crippen molar-refractivity contribution in [1.29, 1.82) is 0 Å². The first kappa shape index (κ1) is 22.0. The molecule has 7 heteroatoms. The summed E-state index contributed by atoms with van der Waals surface area (Å²) in [6.07, 6.45) is 3.73. The van der Waals surface area contributed by atoms with E-state index in [1.54, 1.807) is 26.0 Å². The highest BCUT2D eigenvalue weighted by atomic mass is 16.5. The highest BCUT2D eigenvalue weighted by molar-refractivity contribution is 5.87. The van der Waals surface area contributed by atoms with Crippen LogP contribution < -0.4 is 20.1 Å². The van der Waals surface area contributed by atoms with Crippen LogP contribution in [0.15, 0.2) is 36.4 Å². The molecule has 0 saturated heterocycles. The number of hydrogen-bond acceptors (Lipinski definition) is 4. The third-order valence-corrected chi connectivity index (χ3v) is 6.42. The Morgan fingerprint density at radius 2 is 1.75 bits per heavy atom. The molecule has 0 fully saturated rings. The van der Waals surface area contributed by atoms with Gasteiger partial charge in [0, 0.05) is 13.1 Å². The van der Waals surface area contributed by atoms with Gasteiger partial charge in [0.05, 0.1) is 20.3 Å². The fraction of sp³-hybridized carbons (Fsp3) is 0.440. The zero-order valence-electron chi connectivity index (χ0n) is 18.9. The third-order valence-electron chi connectivity index (χ3n) is 6.42. The summed E-state index contributed by atoms with van der Waals surface area (Å²) in [6, 6.07) is 11.3. The van der Waals surface area contributed by atoms with Gasteiger partial charge in [0.15, 0.2) is 11.5 Å². The van der Waals surface area contributed by atoms with Crippen LogP contribution in [0.2, 0.25) is 0 Å². The molecule has 0 bridgehead atoms. The fourth-order valence-electron chi connectivity index (χ4n) is 4.60. The van der Waals surface area contributed by atoms with Crippen LogP contribution in [0, 0.1) is 0 Å². The number of hydrogen-bond donors (Lipinski definition) is 2. The van der Waals surface area contributed by atoms with Crippen molar-refractivity contribution in [3.05, 3.63) is 58.7 Å². The van der Waals surface area contributed by atoms with Crippen LogP contribution >= 0.6 is 0 Å². The molecule has 2 aromatic rings. The monoisotopic (exact) mass is 437 g/mol. The molecule has 170 valence electrons. The van der Waals surface area contributed by atoms with E-state index in [4.69, 9.17) is 9.47 Å². The minimum atomic E-state index is -0.622. The van der Waals surface area contributed by atoms with Crippen LogP contribution in [0.1, 0.15) is 48.1 Å². The van der Waals surface area contributed by atoms with E-state index in [0.717, 1.165) is 36.8 Å². The number of aryl methyl sites for hydroxylation is 1. The first-order valence-corrected chi connectivity index (χ1v) is 11.2. The Balaban J connectivity index is 1.37. The number of nitrogens with one attached hydrogen (secondary N) is 2. The molecule has 1 aliphatic heterocycles. The van der Waals surface area contributed by atoms with Gasteiger partial charge < -0.3 is 25.0 Å². The number of rotatable bonds is 5. The molecule has 3 amide bonds. The maximum absolute atomic E-state index is 12.9. The van der Waals surface area contributed by atoms with Crippen molar-refractivity contribution in [3.8, 4) is 11.5 Å². The number of methoxy groups -OCH3 is 2. The zero-order valence-corrected chi connectivity index (χ0v) is 18.9. The summed E-state index contributed by atoms with van der Waals surface area (Å²) in [5.74, 6) is 1.18. The molecular formula is C25H31N3O4. The molecule has 0 spiro atoms. The van der Waals surface area contributed by atoms with Crippen molar-refractivity contribution in [3.63, 3.8) is 0 Å². The normalized spacial score (nSPS) is 18.1. The number of carbonyl (C=O) groups excluding carboxylic acids is 2. The Bertz CT molecular complexity index is 1010. The number of carbonyl (C=O) groups is 2. The molecule has 0 aromatic heterocycles. The van der Waals surface area contributed by atoms with Gasteiger partial charge >= 0.3 is 6.03 Å². The van der Waals surface area contributed by atoms with Crippen molar-refractivity contribution in [2.24, 2.45) is 0 Å². The van der Waals surface area contributed by atoms with Crippen molar-refractivity contribution < 1.29 is 19.1 Å². The first-order valence-electron chi connectivity index (χ1n) is 11.2. The second-order valence-corrected chi connectivity index (χ2v) is 8.47. The fourth-order valence-corrected chi connectivity index (χ4v) is 4.60. The maximum atomic E-state index is 12.9. The van der Waals surface area contributed by atoms with Gasteiger partial charge in [0.25, 0.3) is 0 Å². The SMILES string of the molecule is COc1cc2c(cc1OC)CN(C(=O)N[C@H](C)C(=O)N[C@H]1CCCc3ccccc31)CC2. The molecule has 2 N–H and O–H groups in total. The average Bonchev–Trinajstić information content (AvgIpc) is 2.82. The predicted molar refractivity (Wildman–Crippen MR) is 122 cm³/mol. The van der Waals surface area contributed by atoms with Gasteiger partial charge in [-0.25, -0.2) is 4.79 Å². The minimum absolute atomic E-state index is 0.00360. The largest absolute Gasteiger partial charge is 0.493 e. The summed E-state index contributed by atoms with van der Waals surface area (Å²) in [7, 11) is 3.22. The van der Waals surface area contributed by atoms with Crippen molar-refractivity contribution in [2.45, 2.75) is 51.2 Å². The summed E-state index contributed by atoms with van der Waals surface area (Å²) in [4.78, 5) is 27.4. The molecule has 7 nitrogen and oxygen atoms in total. The highest BCUT2D eigenvalue weighted by Gasteiger charge is 2.27. The number of amides is 3. The molecule has 1 heterocycles. The maximum Gasteiger partial charge on any atom is 0.318 e. The molecule has 0 radical (unpaired) electrons. The van der Waals surface area contributed by atoms with E-state index in [-0.39, 0.29) is 18.0 Å². The Kier molecular flexibility index (Phi) is 6.53. The smallest absolute Gasteiger partial charge is 0.318 e. The Hall–Kier alpha value is -3.22. The minimum Gasteiger partial charge on any atom is -0.493 e. The van der Waals surface area contributed by atoms with E-state index in [1.165, 1.54) is 11.1 Å². The number of nitrogens with zero attached hydrogens (tertiary/aromatic N) is 1. The van der Waals surface area contributed by atoms with Gasteiger partial charge in [0.1, 0.15) is 6.04 Å². The van der Waals surface area contributed by atoms with Crippen molar-refractivity contribution in [2.75, 3.05) is 20.8 Å². The molecule has 2 atom stereocenters. The molecule has 4 rings (SSSR count). The van der Waals surface area contributed by atoms with Crippen LogP contribution in [-0.2, 0) is 24.2 Å². The highest BCUT2D eigenvalue weighted by Crippen LogP contribution is 2.33. The number of urea groups is 1. The van der Waals surface area contributed by atoms with Crippen LogP contribution in [0.3, 0.4) is 0 Å². The molecule has 2 aromatic carbocycles. The van der Waals surface area contributed by atoms with E-state index >= 15 is 0 Å². The van der Waals surface area contributed by atoms with Gasteiger partial charge in [-0.3, -0.25) is 4.79 Å². The third kappa shape index (κ3) is 4.52. The molecule has 0 unspecified atom stereocenters. The number of benzene rings is 2. The van der Waals surface area contributed by atoms with E-state index in [1.807, 2.05) is 24.3 Å². The van der Waals surface area contributed by atoms with Crippen LogP contribution in [-0.4, -0.2) is 43.6 Å². The van der Waals surface area contributed by atoms with Gasteiger partial charge in [-0.05, 0) is 67.0 Å². The number of ether oxygens (including phenoxy) is 2. The van der Waals surface area contributed by atoms with E-state index in [0.29, 0.717) is 24.6 Å². The molecule has 32 heavy (non-hydrogen) atoms. The Morgan fingerprint density at radius 3 is 2.50 bits per heavy atom. The van der Waals surface area contributed by atoms with E-state index in [2.05, 4.69) is 22.8 Å². The lowest BCUT2D eigenvalue weighted by Crippen LogP contribution is -2.51. The summed E-state index contributed by atoms with van der Waals surface area (Å²) in [5, 5.41) is 5.99. The lowest BCUT2D eigenvalue weighted by molar-refractivity contribution is -0.123. The average molecular weight is 438 g/mol. The second kappa shape index (κ2) is 9.51. The van der Waals surface area contributed by atoms with Crippen LogP contribution in [0.5, 0.6) is 11.5 Å². The quantitative estimate of drug-likeness (QED) is 0.752. The molecule has 1 aliphatic carbocycles. The predicted octanol–water partition coefficient (Wildman–Crippen LogP) is 3.35.